The Labute approximate surface area is 113 Å². The van der Waals surface area contributed by atoms with Gasteiger partial charge in [-0.3, -0.25) is 4.79 Å². The smallest absolute Gasteiger partial charge is 0.258 e. The summed E-state index contributed by atoms with van der Waals surface area (Å²) in [5, 5.41) is 0. The highest BCUT2D eigenvalue weighted by molar-refractivity contribution is 6.06. The minimum atomic E-state index is -0.00338. The van der Waals surface area contributed by atoms with Gasteiger partial charge in [0.2, 0.25) is 0 Å². The standard InChI is InChI=1S/C16H17NO2/c1-3-17(14-7-5-4-6-8-14)16(18)13-9-11-15(19-2)12-10-13/h4-12H,3H2,1-2H3. The number of nitrogens with zero attached hydrogens (tertiary/aromatic N) is 1. The van der Waals surface area contributed by atoms with Crippen LogP contribution in [0.3, 0.4) is 0 Å². The fraction of sp³-hybridized carbons (Fsp3) is 0.188. The molecule has 1 amide bonds. The predicted molar refractivity (Wildman–Crippen MR) is 76.8 cm³/mol. The topological polar surface area (TPSA) is 29.5 Å². The molecule has 0 aliphatic heterocycles. The molecule has 0 N–H and O–H groups in total. The number of rotatable bonds is 4. The summed E-state index contributed by atoms with van der Waals surface area (Å²) in [7, 11) is 1.61. The number of carbonyl (C=O) groups is 1. The van der Waals surface area contributed by atoms with E-state index >= 15 is 0 Å². The Balaban J connectivity index is 2.25. The lowest BCUT2D eigenvalue weighted by Gasteiger charge is -2.21. The lowest BCUT2D eigenvalue weighted by molar-refractivity contribution is 0.0988. The lowest BCUT2D eigenvalue weighted by Crippen LogP contribution is -2.30. The van der Waals surface area contributed by atoms with Crippen molar-refractivity contribution in [1.29, 1.82) is 0 Å². The number of hydrogen-bond donors (Lipinski definition) is 0. The van der Waals surface area contributed by atoms with Crippen LogP contribution in [0.5, 0.6) is 5.75 Å². The third kappa shape index (κ3) is 2.94. The Kier molecular flexibility index (Phi) is 4.18. The van der Waals surface area contributed by atoms with Gasteiger partial charge in [-0.25, -0.2) is 0 Å². The van der Waals surface area contributed by atoms with E-state index in [1.54, 1.807) is 36.3 Å². The molecular weight excluding hydrogens is 238 g/mol. The quantitative estimate of drug-likeness (QED) is 0.838. The lowest BCUT2D eigenvalue weighted by atomic mass is 10.1. The molecule has 0 fully saturated rings. The molecule has 0 radical (unpaired) electrons. The summed E-state index contributed by atoms with van der Waals surface area (Å²) in [5.41, 5.74) is 1.57. The van der Waals surface area contributed by atoms with Crippen LogP contribution in [0.25, 0.3) is 0 Å². The number of methoxy groups -OCH3 is 1. The van der Waals surface area contributed by atoms with Crippen molar-refractivity contribution in [2.75, 3.05) is 18.6 Å². The SMILES string of the molecule is CCN(C(=O)c1ccc(OC)cc1)c1ccccc1. The predicted octanol–water partition coefficient (Wildman–Crippen LogP) is 3.36. The van der Waals surface area contributed by atoms with E-state index in [1.807, 2.05) is 37.3 Å². The average Bonchev–Trinajstić information content (AvgIpc) is 2.49. The number of benzene rings is 2. The molecule has 98 valence electrons. The van der Waals surface area contributed by atoms with E-state index in [2.05, 4.69) is 0 Å². The summed E-state index contributed by atoms with van der Waals surface area (Å²) in [6, 6.07) is 16.8. The number of hydrogen-bond acceptors (Lipinski definition) is 2. The van der Waals surface area contributed by atoms with Gasteiger partial charge in [-0.2, -0.15) is 0 Å². The molecule has 0 aliphatic rings. The number of para-hydroxylation sites is 1. The molecular formula is C16H17NO2. The van der Waals surface area contributed by atoms with E-state index < -0.39 is 0 Å². The van der Waals surface area contributed by atoms with Crippen LogP contribution in [0.4, 0.5) is 5.69 Å². The van der Waals surface area contributed by atoms with Gasteiger partial charge in [0, 0.05) is 17.8 Å². The van der Waals surface area contributed by atoms with Crippen molar-refractivity contribution >= 4 is 11.6 Å². The highest BCUT2D eigenvalue weighted by Crippen LogP contribution is 2.18. The first-order valence-electron chi connectivity index (χ1n) is 6.27. The van der Waals surface area contributed by atoms with Crippen LogP contribution in [-0.4, -0.2) is 19.6 Å². The molecule has 0 aliphatic carbocycles. The fourth-order valence-electron chi connectivity index (χ4n) is 1.94. The summed E-state index contributed by atoms with van der Waals surface area (Å²) in [5.74, 6) is 0.746. The van der Waals surface area contributed by atoms with Crippen molar-refractivity contribution in [2.24, 2.45) is 0 Å². The van der Waals surface area contributed by atoms with Gasteiger partial charge in [-0.05, 0) is 43.3 Å². The van der Waals surface area contributed by atoms with Crippen molar-refractivity contribution in [1.82, 2.24) is 0 Å². The summed E-state index contributed by atoms with van der Waals surface area (Å²) >= 11 is 0. The van der Waals surface area contributed by atoms with Crippen LogP contribution in [0.2, 0.25) is 0 Å². The molecule has 2 aromatic carbocycles. The maximum absolute atomic E-state index is 12.5. The first kappa shape index (κ1) is 13.1. The molecule has 0 heterocycles. The van der Waals surface area contributed by atoms with Crippen molar-refractivity contribution in [3.63, 3.8) is 0 Å². The largest absolute Gasteiger partial charge is 0.497 e. The van der Waals surface area contributed by atoms with Gasteiger partial charge in [0.15, 0.2) is 0 Å². The molecule has 3 nitrogen and oxygen atoms in total. The number of amides is 1. The second-order valence-electron chi connectivity index (χ2n) is 4.11. The monoisotopic (exact) mass is 255 g/mol. The minimum Gasteiger partial charge on any atom is -0.497 e. The highest BCUT2D eigenvalue weighted by Gasteiger charge is 2.15. The molecule has 0 atom stereocenters. The van der Waals surface area contributed by atoms with Gasteiger partial charge in [0.05, 0.1) is 7.11 Å². The number of ether oxygens (including phenoxy) is 1. The third-order valence-corrected chi connectivity index (χ3v) is 2.97. The molecule has 0 unspecified atom stereocenters. The van der Waals surface area contributed by atoms with Gasteiger partial charge >= 0.3 is 0 Å². The third-order valence-electron chi connectivity index (χ3n) is 2.97. The molecule has 0 saturated heterocycles. The van der Waals surface area contributed by atoms with Crippen LogP contribution < -0.4 is 9.64 Å². The molecule has 3 heteroatoms. The zero-order valence-corrected chi connectivity index (χ0v) is 11.2. The van der Waals surface area contributed by atoms with Crippen LogP contribution in [0, 0.1) is 0 Å². The van der Waals surface area contributed by atoms with E-state index in [0.717, 1.165) is 11.4 Å². The summed E-state index contributed by atoms with van der Waals surface area (Å²) < 4.78 is 5.10. The molecule has 0 saturated carbocycles. The van der Waals surface area contributed by atoms with E-state index in [0.29, 0.717) is 12.1 Å². The van der Waals surface area contributed by atoms with Crippen LogP contribution >= 0.6 is 0 Å². The summed E-state index contributed by atoms with van der Waals surface area (Å²) in [6.45, 7) is 2.60. The normalized spacial score (nSPS) is 10.0. The Morgan fingerprint density at radius 1 is 1.05 bits per heavy atom. The first-order valence-corrected chi connectivity index (χ1v) is 6.27. The van der Waals surface area contributed by atoms with Crippen LogP contribution in [0.15, 0.2) is 54.6 Å². The molecule has 2 rings (SSSR count). The number of carbonyl (C=O) groups excluding carboxylic acids is 1. The van der Waals surface area contributed by atoms with E-state index in [-0.39, 0.29) is 5.91 Å². The van der Waals surface area contributed by atoms with E-state index in [4.69, 9.17) is 4.74 Å². The van der Waals surface area contributed by atoms with Crippen LogP contribution in [-0.2, 0) is 0 Å². The van der Waals surface area contributed by atoms with Gasteiger partial charge in [-0.15, -0.1) is 0 Å². The van der Waals surface area contributed by atoms with Gasteiger partial charge in [0.25, 0.3) is 5.91 Å². The molecule has 2 aromatic rings. The van der Waals surface area contributed by atoms with Gasteiger partial charge in [-0.1, -0.05) is 18.2 Å². The minimum absolute atomic E-state index is 0.00338. The summed E-state index contributed by atoms with van der Waals surface area (Å²) in [4.78, 5) is 14.2. The maximum Gasteiger partial charge on any atom is 0.258 e. The maximum atomic E-state index is 12.5. The highest BCUT2D eigenvalue weighted by atomic mass is 16.5. The van der Waals surface area contributed by atoms with Gasteiger partial charge < -0.3 is 9.64 Å². The first-order chi connectivity index (χ1) is 9.26. The molecule has 0 bridgehead atoms. The molecule has 0 spiro atoms. The van der Waals surface area contributed by atoms with Gasteiger partial charge in [0.1, 0.15) is 5.75 Å². The zero-order chi connectivity index (χ0) is 13.7. The van der Waals surface area contributed by atoms with Crippen molar-refractivity contribution in [3.05, 3.63) is 60.2 Å². The Morgan fingerprint density at radius 2 is 1.68 bits per heavy atom. The van der Waals surface area contributed by atoms with E-state index in [1.165, 1.54) is 0 Å². The van der Waals surface area contributed by atoms with Crippen molar-refractivity contribution in [2.45, 2.75) is 6.92 Å². The zero-order valence-electron chi connectivity index (χ0n) is 11.2. The van der Waals surface area contributed by atoms with E-state index in [9.17, 15) is 4.79 Å². The number of anilines is 1. The van der Waals surface area contributed by atoms with Crippen molar-refractivity contribution in [3.8, 4) is 5.75 Å². The second kappa shape index (κ2) is 6.05. The second-order valence-corrected chi connectivity index (χ2v) is 4.11. The summed E-state index contributed by atoms with van der Waals surface area (Å²) in [6.07, 6.45) is 0. The van der Waals surface area contributed by atoms with Crippen LogP contribution in [0.1, 0.15) is 17.3 Å². The van der Waals surface area contributed by atoms with Crippen molar-refractivity contribution < 1.29 is 9.53 Å². The Hall–Kier alpha value is -2.29. The molecule has 0 aromatic heterocycles. The molecule has 19 heavy (non-hydrogen) atoms. The average molecular weight is 255 g/mol. The Bertz CT molecular complexity index is 534. The Morgan fingerprint density at radius 3 is 2.21 bits per heavy atom. The fourth-order valence-corrected chi connectivity index (χ4v) is 1.94.